The summed E-state index contributed by atoms with van der Waals surface area (Å²) >= 11 is 0. The quantitative estimate of drug-likeness (QED) is 0.794. The van der Waals surface area contributed by atoms with E-state index in [1.54, 1.807) is 0 Å². The molecule has 1 saturated heterocycles. The van der Waals surface area contributed by atoms with Crippen LogP contribution in [0, 0.1) is 0 Å². The SMILES string of the molecule is CN1CCN(C(=O)CN2CCc3c(N)cccc32)CC1. The molecule has 0 atom stereocenters. The number of anilines is 2. The second-order valence-electron chi connectivity index (χ2n) is 5.70. The summed E-state index contributed by atoms with van der Waals surface area (Å²) in [5.74, 6) is 0.230. The molecular weight excluding hydrogens is 252 g/mol. The van der Waals surface area contributed by atoms with E-state index in [0.717, 1.165) is 50.5 Å². The van der Waals surface area contributed by atoms with Crippen LogP contribution in [-0.2, 0) is 11.2 Å². The van der Waals surface area contributed by atoms with E-state index >= 15 is 0 Å². The molecule has 5 heteroatoms. The Morgan fingerprint density at radius 1 is 1.20 bits per heavy atom. The van der Waals surface area contributed by atoms with E-state index in [9.17, 15) is 4.79 Å². The van der Waals surface area contributed by atoms with Crippen molar-refractivity contribution in [2.45, 2.75) is 6.42 Å². The molecule has 0 aromatic heterocycles. The number of likely N-dealkylation sites (N-methyl/N-ethyl adjacent to an activating group) is 1. The lowest BCUT2D eigenvalue weighted by Gasteiger charge is -2.33. The summed E-state index contributed by atoms with van der Waals surface area (Å²) in [6, 6.07) is 5.97. The van der Waals surface area contributed by atoms with E-state index in [-0.39, 0.29) is 5.91 Å². The number of hydrogen-bond donors (Lipinski definition) is 1. The average Bonchev–Trinajstić information content (AvgIpc) is 2.84. The van der Waals surface area contributed by atoms with Crippen LogP contribution in [0.3, 0.4) is 0 Å². The lowest BCUT2D eigenvalue weighted by Crippen LogP contribution is -2.50. The van der Waals surface area contributed by atoms with Crippen molar-refractivity contribution in [3.8, 4) is 0 Å². The first kappa shape index (κ1) is 13.2. The molecule has 20 heavy (non-hydrogen) atoms. The van der Waals surface area contributed by atoms with Crippen molar-refractivity contribution in [1.29, 1.82) is 0 Å². The van der Waals surface area contributed by atoms with Crippen LogP contribution in [0.5, 0.6) is 0 Å². The zero-order valence-electron chi connectivity index (χ0n) is 12.0. The van der Waals surface area contributed by atoms with Gasteiger partial charge >= 0.3 is 0 Å². The largest absolute Gasteiger partial charge is 0.398 e. The summed E-state index contributed by atoms with van der Waals surface area (Å²) in [6.45, 7) is 4.98. The number of carbonyl (C=O) groups is 1. The molecule has 1 aromatic carbocycles. The zero-order chi connectivity index (χ0) is 14.1. The molecule has 0 bridgehead atoms. The van der Waals surface area contributed by atoms with Gasteiger partial charge in [-0.15, -0.1) is 0 Å². The Kier molecular flexibility index (Phi) is 3.53. The maximum absolute atomic E-state index is 12.4. The summed E-state index contributed by atoms with van der Waals surface area (Å²) < 4.78 is 0. The number of nitrogen functional groups attached to an aromatic ring is 1. The molecule has 0 spiro atoms. The molecule has 3 rings (SSSR count). The monoisotopic (exact) mass is 274 g/mol. The fraction of sp³-hybridized carbons (Fsp3) is 0.533. The Morgan fingerprint density at radius 3 is 2.70 bits per heavy atom. The van der Waals surface area contributed by atoms with Gasteiger partial charge in [-0.3, -0.25) is 4.79 Å². The highest BCUT2D eigenvalue weighted by molar-refractivity contribution is 5.83. The molecule has 0 unspecified atom stereocenters. The molecule has 5 nitrogen and oxygen atoms in total. The summed E-state index contributed by atoms with van der Waals surface area (Å²) in [7, 11) is 2.10. The van der Waals surface area contributed by atoms with Gasteiger partial charge < -0.3 is 20.4 Å². The third-order valence-corrected chi connectivity index (χ3v) is 4.34. The number of carbonyl (C=O) groups excluding carboxylic acids is 1. The lowest BCUT2D eigenvalue weighted by molar-refractivity contribution is -0.131. The zero-order valence-corrected chi connectivity index (χ0v) is 12.0. The van der Waals surface area contributed by atoms with Crippen LogP contribution in [0.4, 0.5) is 11.4 Å². The van der Waals surface area contributed by atoms with Crippen molar-refractivity contribution in [3.63, 3.8) is 0 Å². The van der Waals surface area contributed by atoms with Crippen molar-refractivity contribution >= 4 is 17.3 Å². The van der Waals surface area contributed by atoms with Crippen LogP contribution in [0.25, 0.3) is 0 Å². The summed E-state index contributed by atoms with van der Waals surface area (Å²) in [6.07, 6.45) is 0.942. The summed E-state index contributed by atoms with van der Waals surface area (Å²) in [5.41, 5.74) is 9.17. The predicted molar refractivity (Wildman–Crippen MR) is 80.8 cm³/mol. The minimum Gasteiger partial charge on any atom is -0.398 e. The van der Waals surface area contributed by atoms with Crippen molar-refractivity contribution in [2.75, 3.05) is 56.9 Å². The standard InChI is InChI=1S/C15H22N4O/c1-17-7-9-18(10-8-17)15(20)11-19-6-5-12-13(16)3-2-4-14(12)19/h2-4H,5-11,16H2,1H3. The van der Waals surface area contributed by atoms with Gasteiger partial charge in [0.25, 0.3) is 0 Å². The number of rotatable bonds is 2. The molecule has 2 aliphatic heterocycles. The maximum atomic E-state index is 12.4. The summed E-state index contributed by atoms with van der Waals surface area (Å²) in [5, 5.41) is 0. The third-order valence-electron chi connectivity index (χ3n) is 4.34. The minimum atomic E-state index is 0.230. The molecule has 0 radical (unpaired) electrons. The van der Waals surface area contributed by atoms with E-state index in [4.69, 9.17) is 5.73 Å². The first-order valence-electron chi connectivity index (χ1n) is 7.24. The smallest absolute Gasteiger partial charge is 0.242 e. The van der Waals surface area contributed by atoms with Gasteiger partial charge in [0.05, 0.1) is 6.54 Å². The molecule has 2 aliphatic rings. The average molecular weight is 274 g/mol. The number of hydrogen-bond acceptors (Lipinski definition) is 4. The number of piperazine rings is 1. The molecule has 108 valence electrons. The molecule has 1 fully saturated rings. The van der Waals surface area contributed by atoms with Crippen LogP contribution in [0.1, 0.15) is 5.56 Å². The topological polar surface area (TPSA) is 52.8 Å². The lowest BCUT2D eigenvalue weighted by atomic mass is 10.1. The Morgan fingerprint density at radius 2 is 1.95 bits per heavy atom. The van der Waals surface area contributed by atoms with Gasteiger partial charge in [-0.25, -0.2) is 0 Å². The first-order valence-corrected chi connectivity index (χ1v) is 7.24. The highest BCUT2D eigenvalue weighted by Crippen LogP contribution is 2.31. The van der Waals surface area contributed by atoms with Crippen LogP contribution in [0.15, 0.2) is 18.2 Å². The van der Waals surface area contributed by atoms with Crippen LogP contribution >= 0.6 is 0 Å². The highest BCUT2D eigenvalue weighted by atomic mass is 16.2. The van der Waals surface area contributed by atoms with Crippen LogP contribution < -0.4 is 10.6 Å². The highest BCUT2D eigenvalue weighted by Gasteiger charge is 2.25. The van der Waals surface area contributed by atoms with Crippen molar-refractivity contribution in [2.24, 2.45) is 0 Å². The molecule has 2 heterocycles. The van der Waals surface area contributed by atoms with Crippen LogP contribution in [-0.4, -0.2) is 62.0 Å². The van der Waals surface area contributed by atoms with Gasteiger partial charge in [0.1, 0.15) is 0 Å². The molecule has 0 saturated carbocycles. The minimum absolute atomic E-state index is 0.230. The Hall–Kier alpha value is -1.75. The molecule has 1 aromatic rings. The number of fused-ring (bicyclic) bond motifs is 1. The van der Waals surface area contributed by atoms with Gasteiger partial charge in [-0.2, -0.15) is 0 Å². The Balaban J connectivity index is 1.65. The van der Waals surface area contributed by atoms with E-state index in [1.165, 1.54) is 5.56 Å². The molecular formula is C15H22N4O. The summed E-state index contributed by atoms with van der Waals surface area (Å²) in [4.78, 5) is 18.8. The van der Waals surface area contributed by atoms with Crippen molar-refractivity contribution in [3.05, 3.63) is 23.8 Å². The van der Waals surface area contributed by atoms with Crippen molar-refractivity contribution < 1.29 is 4.79 Å². The second kappa shape index (κ2) is 5.32. The Bertz CT molecular complexity index is 509. The molecule has 2 N–H and O–H groups in total. The Labute approximate surface area is 119 Å². The van der Waals surface area contributed by atoms with Crippen LogP contribution in [0.2, 0.25) is 0 Å². The fourth-order valence-corrected chi connectivity index (χ4v) is 3.01. The van der Waals surface area contributed by atoms with Gasteiger partial charge in [-0.05, 0) is 25.6 Å². The number of amides is 1. The van der Waals surface area contributed by atoms with E-state index in [1.807, 2.05) is 17.0 Å². The van der Waals surface area contributed by atoms with E-state index in [0.29, 0.717) is 6.54 Å². The van der Waals surface area contributed by atoms with E-state index in [2.05, 4.69) is 22.9 Å². The van der Waals surface area contributed by atoms with Gasteiger partial charge in [0.2, 0.25) is 5.91 Å². The number of nitrogens with two attached hydrogens (primary N) is 1. The van der Waals surface area contributed by atoms with Gasteiger partial charge in [0.15, 0.2) is 0 Å². The third kappa shape index (κ3) is 2.45. The fourth-order valence-electron chi connectivity index (χ4n) is 3.01. The number of nitrogens with zero attached hydrogens (tertiary/aromatic N) is 3. The first-order chi connectivity index (χ1) is 9.65. The van der Waals surface area contributed by atoms with Gasteiger partial charge in [-0.1, -0.05) is 6.07 Å². The van der Waals surface area contributed by atoms with Crippen molar-refractivity contribution in [1.82, 2.24) is 9.80 Å². The molecule has 0 aliphatic carbocycles. The van der Waals surface area contributed by atoms with Gasteiger partial charge in [0, 0.05) is 49.7 Å². The number of benzene rings is 1. The second-order valence-corrected chi connectivity index (χ2v) is 5.70. The normalized spacial score (nSPS) is 19.2. The predicted octanol–water partition coefficient (Wildman–Crippen LogP) is 0.405. The van der Waals surface area contributed by atoms with E-state index < -0.39 is 0 Å². The maximum Gasteiger partial charge on any atom is 0.242 e. The molecule has 1 amide bonds.